The molecule has 1 heterocycles. The van der Waals surface area contributed by atoms with Crippen LogP contribution in [0.4, 0.5) is 4.39 Å². The smallest absolute Gasteiger partial charge is 0.306 e. The van der Waals surface area contributed by atoms with Gasteiger partial charge in [0.2, 0.25) is 0 Å². The standard InChI is InChI=1S/C22H21ClFN3O3/c1-26(14-18-19(23)8-5-9-20(18)24)21(28)15-30-22(29)11-10-16-12-25-27(13-16)17-6-3-2-4-7-17/h2-9,12-13H,10-11,14-15H2,1H3. The van der Waals surface area contributed by atoms with Crippen molar-refractivity contribution in [2.24, 2.45) is 0 Å². The number of nitrogens with zero attached hydrogens (tertiary/aromatic N) is 3. The van der Waals surface area contributed by atoms with Gasteiger partial charge in [0.1, 0.15) is 5.82 Å². The molecule has 0 aliphatic rings. The highest BCUT2D eigenvalue weighted by Gasteiger charge is 2.16. The molecule has 0 unspecified atom stereocenters. The lowest BCUT2D eigenvalue weighted by Gasteiger charge is -2.18. The zero-order chi connectivity index (χ0) is 21.5. The van der Waals surface area contributed by atoms with Crippen LogP contribution in [0, 0.1) is 5.82 Å². The molecule has 0 bridgehead atoms. The Labute approximate surface area is 178 Å². The average molecular weight is 430 g/mol. The predicted octanol–water partition coefficient (Wildman–Crippen LogP) is 3.80. The van der Waals surface area contributed by atoms with E-state index in [9.17, 15) is 14.0 Å². The van der Waals surface area contributed by atoms with E-state index in [1.807, 2.05) is 36.5 Å². The molecule has 1 amide bonds. The van der Waals surface area contributed by atoms with Gasteiger partial charge in [-0.3, -0.25) is 9.59 Å². The Morgan fingerprint density at radius 3 is 2.67 bits per heavy atom. The summed E-state index contributed by atoms with van der Waals surface area (Å²) < 4.78 is 20.6. The Kier molecular flexibility index (Phi) is 7.19. The molecular weight excluding hydrogens is 409 g/mol. The van der Waals surface area contributed by atoms with Crippen LogP contribution in [-0.2, 0) is 27.3 Å². The summed E-state index contributed by atoms with van der Waals surface area (Å²) >= 11 is 5.98. The fourth-order valence-corrected chi connectivity index (χ4v) is 3.01. The summed E-state index contributed by atoms with van der Waals surface area (Å²) in [7, 11) is 1.50. The molecule has 0 aliphatic carbocycles. The predicted molar refractivity (Wildman–Crippen MR) is 111 cm³/mol. The van der Waals surface area contributed by atoms with Gasteiger partial charge in [0.25, 0.3) is 5.91 Å². The van der Waals surface area contributed by atoms with Gasteiger partial charge in [-0.1, -0.05) is 35.9 Å². The van der Waals surface area contributed by atoms with Crippen LogP contribution in [0.15, 0.2) is 60.9 Å². The van der Waals surface area contributed by atoms with E-state index in [0.717, 1.165) is 11.3 Å². The van der Waals surface area contributed by atoms with E-state index in [1.165, 1.54) is 24.1 Å². The summed E-state index contributed by atoms with van der Waals surface area (Å²) in [5.74, 6) is -1.43. The van der Waals surface area contributed by atoms with E-state index in [2.05, 4.69) is 5.10 Å². The Balaban J connectivity index is 1.44. The van der Waals surface area contributed by atoms with Crippen molar-refractivity contribution in [2.75, 3.05) is 13.7 Å². The second-order valence-corrected chi connectivity index (χ2v) is 7.15. The van der Waals surface area contributed by atoms with Crippen LogP contribution in [0.25, 0.3) is 5.69 Å². The number of hydrogen-bond acceptors (Lipinski definition) is 4. The summed E-state index contributed by atoms with van der Waals surface area (Å²) in [6.45, 7) is -0.425. The first-order valence-corrected chi connectivity index (χ1v) is 9.73. The summed E-state index contributed by atoms with van der Waals surface area (Å²) in [6.07, 6.45) is 4.11. The summed E-state index contributed by atoms with van der Waals surface area (Å²) in [4.78, 5) is 25.4. The number of amides is 1. The highest BCUT2D eigenvalue weighted by molar-refractivity contribution is 6.31. The Hall–Kier alpha value is -3.19. The Bertz CT molecular complexity index is 1000. The molecule has 156 valence electrons. The van der Waals surface area contributed by atoms with Crippen molar-refractivity contribution in [2.45, 2.75) is 19.4 Å². The average Bonchev–Trinajstić information content (AvgIpc) is 3.23. The van der Waals surface area contributed by atoms with Gasteiger partial charge in [-0.2, -0.15) is 5.10 Å². The number of carbonyl (C=O) groups excluding carboxylic acids is 2. The van der Waals surface area contributed by atoms with Crippen molar-refractivity contribution in [3.05, 3.63) is 82.9 Å². The van der Waals surface area contributed by atoms with Gasteiger partial charge in [0.15, 0.2) is 6.61 Å². The maximum absolute atomic E-state index is 13.8. The minimum Gasteiger partial charge on any atom is -0.456 e. The van der Waals surface area contributed by atoms with Gasteiger partial charge in [-0.05, 0) is 36.2 Å². The van der Waals surface area contributed by atoms with Crippen molar-refractivity contribution in [3.8, 4) is 5.69 Å². The van der Waals surface area contributed by atoms with E-state index >= 15 is 0 Å². The quantitative estimate of drug-likeness (QED) is 0.511. The number of rotatable bonds is 8. The second-order valence-electron chi connectivity index (χ2n) is 6.74. The lowest BCUT2D eigenvalue weighted by atomic mass is 10.2. The summed E-state index contributed by atoms with van der Waals surface area (Å²) in [5, 5.41) is 4.52. The normalized spacial score (nSPS) is 10.6. The number of para-hydroxylation sites is 1. The number of aryl methyl sites for hydroxylation is 1. The molecule has 30 heavy (non-hydrogen) atoms. The van der Waals surface area contributed by atoms with Gasteiger partial charge in [0, 0.05) is 36.8 Å². The van der Waals surface area contributed by atoms with Gasteiger partial charge >= 0.3 is 5.97 Å². The number of benzene rings is 2. The Morgan fingerprint density at radius 2 is 1.93 bits per heavy atom. The second kappa shape index (κ2) is 10.0. The molecule has 0 radical (unpaired) electrons. The minimum atomic E-state index is -0.492. The van der Waals surface area contributed by atoms with Crippen LogP contribution in [0.5, 0.6) is 0 Å². The lowest BCUT2D eigenvalue weighted by Crippen LogP contribution is -2.31. The first kappa shape index (κ1) is 21.5. The van der Waals surface area contributed by atoms with Gasteiger partial charge in [-0.15, -0.1) is 0 Å². The van der Waals surface area contributed by atoms with Crippen molar-refractivity contribution in [1.82, 2.24) is 14.7 Å². The van der Waals surface area contributed by atoms with Crippen LogP contribution >= 0.6 is 11.6 Å². The zero-order valence-electron chi connectivity index (χ0n) is 16.4. The van der Waals surface area contributed by atoms with Crippen LogP contribution in [0.1, 0.15) is 17.5 Å². The molecule has 0 aliphatic heterocycles. The highest BCUT2D eigenvalue weighted by Crippen LogP contribution is 2.20. The third-order valence-electron chi connectivity index (χ3n) is 4.51. The van der Waals surface area contributed by atoms with E-state index < -0.39 is 24.3 Å². The van der Waals surface area contributed by atoms with E-state index in [0.29, 0.717) is 6.42 Å². The molecule has 0 spiro atoms. The molecule has 6 nitrogen and oxygen atoms in total. The topological polar surface area (TPSA) is 64.4 Å². The number of likely N-dealkylation sites (N-methyl/N-ethyl adjacent to an activating group) is 1. The van der Waals surface area contributed by atoms with Crippen LogP contribution in [0.3, 0.4) is 0 Å². The monoisotopic (exact) mass is 429 g/mol. The number of ether oxygens (including phenoxy) is 1. The summed E-state index contributed by atoms with van der Waals surface area (Å²) in [6, 6.07) is 14.0. The number of carbonyl (C=O) groups is 2. The van der Waals surface area contributed by atoms with Crippen molar-refractivity contribution >= 4 is 23.5 Å². The number of esters is 1. The minimum absolute atomic E-state index is 0.0133. The molecule has 0 N–H and O–H groups in total. The van der Waals surface area contributed by atoms with Crippen LogP contribution < -0.4 is 0 Å². The molecule has 8 heteroatoms. The summed E-state index contributed by atoms with van der Waals surface area (Å²) in [5.41, 5.74) is 2.03. The largest absolute Gasteiger partial charge is 0.456 e. The molecule has 0 atom stereocenters. The third-order valence-corrected chi connectivity index (χ3v) is 4.87. The van der Waals surface area contributed by atoms with Gasteiger partial charge in [0.05, 0.1) is 11.9 Å². The van der Waals surface area contributed by atoms with E-state index in [4.69, 9.17) is 16.3 Å². The van der Waals surface area contributed by atoms with E-state index in [1.54, 1.807) is 16.9 Å². The Morgan fingerprint density at radius 1 is 1.17 bits per heavy atom. The number of hydrogen-bond donors (Lipinski definition) is 0. The molecule has 3 aromatic rings. The highest BCUT2D eigenvalue weighted by atomic mass is 35.5. The van der Waals surface area contributed by atoms with Crippen molar-refractivity contribution < 1.29 is 18.7 Å². The first-order valence-electron chi connectivity index (χ1n) is 9.35. The molecule has 3 rings (SSSR count). The van der Waals surface area contributed by atoms with Crippen LogP contribution in [-0.4, -0.2) is 40.2 Å². The van der Waals surface area contributed by atoms with E-state index in [-0.39, 0.29) is 23.6 Å². The van der Waals surface area contributed by atoms with Crippen molar-refractivity contribution in [3.63, 3.8) is 0 Å². The van der Waals surface area contributed by atoms with Gasteiger partial charge < -0.3 is 9.64 Å². The zero-order valence-corrected chi connectivity index (χ0v) is 17.2. The number of halogens is 2. The fraction of sp³-hybridized carbons (Fsp3) is 0.227. The lowest BCUT2D eigenvalue weighted by molar-refractivity contribution is -0.151. The van der Waals surface area contributed by atoms with Crippen LogP contribution in [0.2, 0.25) is 5.02 Å². The molecule has 1 aromatic heterocycles. The SMILES string of the molecule is CN(Cc1c(F)cccc1Cl)C(=O)COC(=O)CCc1cnn(-c2ccccc2)c1. The molecule has 2 aromatic carbocycles. The maximum Gasteiger partial charge on any atom is 0.306 e. The van der Waals surface area contributed by atoms with Crippen molar-refractivity contribution in [1.29, 1.82) is 0 Å². The molecule has 0 saturated carbocycles. The maximum atomic E-state index is 13.8. The third kappa shape index (κ3) is 5.67. The first-order chi connectivity index (χ1) is 14.4. The van der Waals surface area contributed by atoms with Gasteiger partial charge in [-0.25, -0.2) is 9.07 Å². The fourth-order valence-electron chi connectivity index (χ4n) is 2.79. The number of aromatic nitrogens is 2. The molecule has 0 saturated heterocycles. The molecule has 0 fully saturated rings. The molecular formula is C22H21ClFN3O3.